The Morgan fingerprint density at radius 2 is 2.00 bits per heavy atom. The van der Waals surface area contributed by atoms with Crippen LogP contribution in [0.1, 0.15) is 31.1 Å². The molecule has 1 heterocycles. The molecule has 0 radical (unpaired) electrons. The summed E-state index contributed by atoms with van der Waals surface area (Å²) in [5, 5.41) is 13.9. The molecule has 3 aromatic rings. The number of aromatic nitrogens is 1. The number of ether oxygens (including phenoxy) is 1. The fourth-order valence-electron chi connectivity index (χ4n) is 2.81. The van der Waals surface area contributed by atoms with Gasteiger partial charge in [0.25, 0.3) is 0 Å². The first kappa shape index (κ1) is 22.4. The molecule has 0 atom stereocenters. The van der Waals surface area contributed by atoms with Crippen molar-refractivity contribution in [2.24, 2.45) is 0 Å². The maximum atomic E-state index is 12.2. The van der Waals surface area contributed by atoms with Gasteiger partial charge in [0.2, 0.25) is 11.8 Å². The Hall–Kier alpha value is -3.33. The van der Waals surface area contributed by atoms with Gasteiger partial charge in [0.05, 0.1) is 24.0 Å². The molecule has 0 aliphatic heterocycles. The third-order valence-electron chi connectivity index (χ3n) is 4.45. The molecule has 0 aliphatic rings. The van der Waals surface area contributed by atoms with Crippen molar-refractivity contribution in [3.63, 3.8) is 0 Å². The van der Waals surface area contributed by atoms with Crippen LogP contribution in [0.5, 0.6) is 5.75 Å². The average Bonchev–Trinajstić information content (AvgIpc) is 3.25. The van der Waals surface area contributed by atoms with Crippen LogP contribution >= 0.6 is 11.8 Å². The van der Waals surface area contributed by atoms with Crippen LogP contribution in [-0.4, -0.2) is 28.7 Å². The molecule has 0 aliphatic carbocycles. The zero-order valence-electron chi connectivity index (χ0n) is 17.5. The Bertz CT molecular complexity index is 1060. The average molecular weight is 442 g/mol. The maximum Gasteiger partial charge on any atom is 0.311 e. The van der Waals surface area contributed by atoms with Gasteiger partial charge in [0.1, 0.15) is 5.76 Å². The van der Waals surface area contributed by atoms with Gasteiger partial charge >= 0.3 is 5.69 Å². The lowest BCUT2D eigenvalue weighted by Gasteiger charge is -2.07. The van der Waals surface area contributed by atoms with E-state index in [1.807, 2.05) is 26.0 Å². The molecule has 1 N–H and O–H groups in total. The highest BCUT2D eigenvalue weighted by molar-refractivity contribution is 7.99. The van der Waals surface area contributed by atoms with Gasteiger partial charge in [-0.25, -0.2) is 4.98 Å². The lowest BCUT2D eigenvalue weighted by atomic mass is 10.2. The van der Waals surface area contributed by atoms with E-state index in [4.69, 9.17) is 9.15 Å². The highest BCUT2D eigenvalue weighted by atomic mass is 32.2. The SMILES string of the molecule is COc1ccc(CSCC(=O)Nc2ccc(-c3ncc(C(C)C)o3)cc2)cc1[N+](=O)[O-]. The molecule has 0 fully saturated rings. The minimum Gasteiger partial charge on any atom is -0.490 e. The first-order valence-corrected chi connectivity index (χ1v) is 10.8. The molecular formula is C22H23N3O5S. The molecule has 2 aromatic carbocycles. The van der Waals surface area contributed by atoms with E-state index in [1.54, 1.807) is 30.5 Å². The van der Waals surface area contributed by atoms with E-state index in [0.717, 1.165) is 16.9 Å². The molecule has 1 aromatic heterocycles. The molecule has 9 heteroatoms. The predicted molar refractivity (Wildman–Crippen MR) is 120 cm³/mol. The standard InChI is InChI=1S/C22H23N3O5S/c1-14(2)20-11-23-22(30-20)16-5-7-17(8-6-16)24-21(26)13-31-12-15-4-9-19(29-3)18(10-15)25(27)28/h4-11,14H,12-13H2,1-3H3,(H,24,26). The third-order valence-corrected chi connectivity index (χ3v) is 5.45. The predicted octanol–water partition coefficient (Wildman–Crippen LogP) is 5.25. The number of thioether (sulfide) groups is 1. The molecule has 0 saturated heterocycles. The first-order valence-electron chi connectivity index (χ1n) is 9.62. The fraction of sp³-hybridized carbons (Fsp3) is 0.273. The number of nitro benzene ring substituents is 1. The van der Waals surface area contributed by atoms with Crippen molar-refractivity contribution in [1.82, 2.24) is 4.98 Å². The second-order valence-corrected chi connectivity index (χ2v) is 8.09. The molecule has 1 amide bonds. The zero-order chi connectivity index (χ0) is 22.4. The summed E-state index contributed by atoms with van der Waals surface area (Å²) in [4.78, 5) is 27.1. The molecule has 3 rings (SSSR count). The van der Waals surface area contributed by atoms with E-state index in [2.05, 4.69) is 10.3 Å². The summed E-state index contributed by atoms with van der Waals surface area (Å²) in [6, 6.07) is 12.1. The van der Waals surface area contributed by atoms with E-state index in [-0.39, 0.29) is 29.0 Å². The Balaban J connectivity index is 1.52. The monoisotopic (exact) mass is 441 g/mol. The van der Waals surface area contributed by atoms with Gasteiger partial charge in [0, 0.05) is 29.0 Å². The molecular weight excluding hydrogens is 418 g/mol. The van der Waals surface area contributed by atoms with Gasteiger partial charge in [-0.05, 0) is 35.9 Å². The maximum absolute atomic E-state index is 12.2. The number of carbonyl (C=O) groups is 1. The number of amides is 1. The van der Waals surface area contributed by atoms with Crippen molar-refractivity contribution >= 4 is 29.0 Å². The van der Waals surface area contributed by atoms with Crippen molar-refractivity contribution in [2.75, 3.05) is 18.2 Å². The highest BCUT2D eigenvalue weighted by Crippen LogP contribution is 2.29. The van der Waals surface area contributed by atoms with Crippen molar-refractivity contribution in [2.45, 2.75) is 25.5 Å². The molecule has 0 unspecified atom stereocenters. The van der Waals surface area contributed by atoms with Crippen LogP contribution < -0.4 is 10.1 Å². The third kappa shape index (κ3) is 5.85. The number of nitrogens with zero attached hydrogens (tertiary/aromatic N) is 2. The number of anilines is 1. The number of oxazole rings is 1. The lowest BCUT2D eigenvalue weighted by Crippen LogP contribution is -2.14. The van der Waals surface area contributed by atoms with E-state index >= 15 is 0 Å². The second-order valence-electron chi connectivity index (χ2n) is 7.10. The summed E-state index contributed by atoms with van der Waals surface area (Å²) in [5.74, 6) is 2.39. The summed E-state index contributed by atoms with van der Waals surface area (Å²) in [5.41, 5.74) is 2.17. The zero-order valence-corrected chi connectivity index (χ0v) is 18.3. The Kier molecular flexibility index (Phi) is 7.30. The van der Waals surface area contributed by atoms with Crippen LogP contribution in [-0.2, 0) is 10.5 Å². The van der Waals surface area contributed by atoms with Crippen molar-refractivity contribution in [3.8, 4) is 17.2 Å². The van der Waals surface area contributed by atoms with Crippen LogP contribution in [0.25, 0.3) is 11.5 Å². The van der Waals surface area contributed by atoms with Gasteiger partial charge in [-0.2, -0.15) is 0 Å². The summed E-state index contributed by atoms with van der Waals surface area (Å²) < 4.78 is 10.7. The summed E-state index contributed by atoms with van der Waals surface area (Å²) >= 11 is 1.37. The van der Waals surface area contributed by atoms with Gasteiger partial charge in [0.15, 0.2) is 5.75 Å². The Labute approximate surface area is 184 Å². The van der Waals surface area contributed by atoms with E-state index in [0.29, 0.717) is 17.3 Å². The quantitative estimate of drug-likeness (QED) is 0.357. The number of carbonyl (C=O) groups excluding carboxylic acids is 1. The molecule has 162 valence electrons. The number of rotatable bonds is 9. The molecule has 0 saturated carbocycles. The van der Waals surface area contributed by atoms with Crippen LogP contribution in [0.4, 0.5) is 11.4 Å². The smallest absolute Gasteiger partial charge is 0.311 e. The highest BCUT2D eigenvalue weighted by Gasteiger charge is 2.15. The minimum atomic E-state index is -0.481. The minimum absolute atomic E-state index is 0.0864. The number of hydrogen-bond donors (Lipinski definition) is 1. The summed E-state index contributed by atoms with van der Waals surface area (Å²) in [7, 11) is 1.39. The van der Waals surface area contributed by atoms with E-state index in [1.165, 1.54) is 24.9 Å². The summed E-state index contributed by atoms with van der Waals surface area (Å²) in [6.45, 7) is 4.08. The van der Waals surface area contributed by atoms with Gasteiger partial charge in [-0.15, -0.1) is 11.8 Å². The largest absolute Gasteiger partial charge is 0.490 e. The molecule has 0 bridgehead atoms. The topological polar surface area (TPSA) is 108 Å². The Morgan fingerprint density at radius 3 is 2.61 bits per heavy atom. The van der Waals surface area contributed by atoms with Gasteiger partial charge in [-0.3, -0.25) is 14.9 Å². The number of hydrogen-bond acceptors (Lipinski definition) is 7. The van der Waals surface area contributed by atoms with Crippen LogP contribution in [0, 0.1) is 10.1 Å². The van der Waals surface area contributed by atoms with Crippen LogP contribution in [0.3, 0.4) is 0 Å². The normalized spacial score (nSPS) is 10.8. The Morgan fingerprint density at radius 1 is 1.26 bits per heavy atom. The summed E-state index contributed by atoms with van der Waals surface area (Å²) in [6.07, 6.45) is 1.73. The number of methoxy groups -OCH3 is 1. The number of nitrogens with one attached hydrogen (secondary N) is 1. The second kappa shape index (κ2) is 10.1. The fourth-order valence-corrected chi connectivity index (χ4v) is 3.58. The molecule has 8 nitrogen and oxygen atoms in total. The van der Waals surface area contributed by atoms with Crippen molar-refractivity contribution in [1.29, 1.82) is 0 Å². The molecule has 31 heavy (non-hydrogen) atoms. The lowest BCUT2D eigenvalue weighted by molar-refractivity contribution is -0.385. The van der Waals surface area contributed by atoms with Crippen molar-refractivity contribution < 1.29 is 18.9 Å². The van der Waals surface area contributed by atoms with Crippen LogP contribution in [0.15, 0.2) is 53.1 Å². The number of benzene rings is 2. The first-order chi connectivity index (χ1) is 14.9. The van der Waals surface area contributed by atoms with Crippen molar-refractivity contribution in [3.05, 3.63) is 70.1 Å². The van der Waals surface area contributed by atoms with Gasteiger partial charge in [-0.1, -0.05) is 19.9 Å². The van der Waals surface area contributed by atoms with E-state index in [9.17, 15) is 14.9 Å². The van der Waals surface area contributed by atoms with Crippen LogP contribution in [0.2, 0.25) is 0 Å². The van der Waals surface area contributed by atoms with Gasteiger partial charge < -0.3 is 14.5 Å². The molecule has 0 spiro atoms. The number of nitro groups is 1. The van der Waals surface area contributed by atoms with E-state index < -0.39 is 4.92 Å².